The molecule has 1 N–H and O–H groups in total. The second-order valence-electron chi connectivity index (χ2n) is 9.83. The van der Waals surface area contributed by atoms with Crippen molar-refractivity contribution in [3.63, 3.8) is 0 Å². The number of nitrogens with zero attached hydrogens (tertiary/aromatic N) is 1. The van der Waals surface area contributed by atoms with Crippen LogP contribution in [0.25, 0.3) is 11.1 Å². The highest BCUT2D eigenvalue weighted by Gasteiger charge is 2.30. The number of hydrogen-bond donors (Lipinski definition) is 1. The van der Waals surface area contributed by atoms with Gasteiger partial charge in [-0.1, -0.05) is 29.8 Å². The van der Waals surface area contributed by atoms with E-state index in [1.165, 1.54) is 6.07 Å². The van der Waals surface area contributed by atoms with Crippen molar-refractivity contribution in [2.75, 3.05) is 39.2 Å². The highest BCUT2D eigenvalue weighted by Crippen LogP contribution is 2.48. The van der Waals surface area contributed by atoms with Gasteiger partial charge in [0.2, 0.25) is 0 Å². The minimum atomic E-state index is -3.48. The summed E-state index contributed by atoms with van der Waals surface area (Å²) in [6.45, 7) is 4.51. The van der Waals surface area contributed by atoms with Gasteiger partial charge >= 0.3 is 0 Å². The molecule has 0 amide bonds. The average molecular weight is 558 g/mol. The van der Waals surface area contributed by atoms with Gasteiger partial charge in [0.1, 0.15) is 30.0 Å². The van der Waals surface area contributed by atoms with Crippen LogP contribution in [0, 0.1) is 5.92 Å². The maximum Gasteiger partial charge on any atom is 0.176 e. The van der Waals surface area contributed by atoms with E-state index in [2.05, 4.69) is 4.90 Å². The van der Waals surface area contributed by atoms with Gasteiger partial charge in [-0.3, -0.25) is 9.29 Å². The van der Waals surface area contributed by atoms with Gasteiger partial charge in [-0.05, 0) is 66.1 Å². The topological polar surface area (TPSA) is 76.1 Å². The van der Waals surface area contributed by atoms with Crippen LogP contribution >= 0.6 is 11.6 Å². The molecule has 0 aromatic heterocycles. The van der Waals surface area contributed by atoms with Crippen molar-refractivity contribution >= 4 is 32.6 Å². The molecule has 1 unspecified atom stereocenters. The number of sulfone groups is 1. The van der Waals surface area contributed by atoms with Gasteiger partial charge in [0.15, 0.2) is 9.84 Å². The summed E-state index contributed by atoms with van der Waals surface area (Å²) in [6.07, 6.45) is 0.623. The summed E-state index contributed by atoms with van der Waals surface area (Å²) < 4.78 is 49.2. The number of phenolic OH excluding ortho intramolecular Hbond substituents is 1. The van der Waals surface area contributed by atoms with Crippen LogP contribution in [-0.2, 0) is 9.84 Å². The molecule has 2 heterocycles. The molecule has 6 nitrogen and oxygen atoms in total. The zero-order chi connectivity index (χ0) is 27.0. The molecule has 9 heteroatoms. The Morgan fingerprint density at radius 2 is 1.84 bits per heavy atom. The first-order chi connectivity index (χ1) is 18.1. The Labute approximate surface area is 227 Å². The number of aromatic hydroxyl groups is 1. The molecule has 0 spiro atoms. The predicted octanol–water partition coefficient (Wildman–Crippen LogP) is 5.79. The Morgan fingerprint density at radius 3 is 2.50 bits per heavy atom. The molecular formula is C29H29ClFNO5S. The zero-order valence-corrected chi connectivity index (χ0v) is 22.7. The lowest BCUT2D eigenvalue weighted by molar-refractivity contribution is 0.0668. The fourth-order valence-electron chi connectivity index (χ4n) is 5.00. The Bertz CT molecular complexity index is 1480. The molecule has 1 fully saturated rings. The smallest absolute Gasteiger partial charge is 0.176 e. The van der Waals surface area contributed by atoms with Crippen molar-refractivity contribution in [2.45, 2.75) is 17.9 Å². The summed E-state index contributed by atoms with van der Waals surface area (Å²) in [6, 6.07) is 17.5. The van der Waals surface area contributed by atoms with Crippen molar-refractivity contribution in [1.82, 2.24) is 4.90 Å². The fraction of sp³-hybridized carbons (Fsp3) is 0.310. The molecule has 3 aromatic rings. The third kappa shape index (κ3) is 5.39. The molecule has 2 aliphatic heterocycles. The molecular weight excluding hydrogens is 529 g/mol. The van der Waals surface area contributed by atoms with E-state index in [0.717, 1.165) is 59.5 Å². The Morgan fingerprint density at radius 1 is 1.11 bits per heavy atom. The first kappa shape index (κ1) is 26.5. The van der Waals surface area contributed by atoms with E-state index in [-0.39, 0.29) is 28.3 Å². The number of ether oxygens (including phenoxy) is 2. The fourth-order valence-corrected chi connectivity index (χ4v) is 6.33. The summed E-state index contributed by atoms with van der Waals surface area (Å²) >= 11 is 6.40. The van der Waals surface area contributed by atoms with Crippen LogP contribution in [0.1, 0.15) is 29.7 Å². The van der Waals surface area contributed by atoms with E-state index >= 15 is 0 Å². The number of halogens is 2. The molecule has 0 saturated carbocycles. The minimum Gasteiger partial charge on any atom is -0.508 e. The minimum absolute atomic E-state index is 0.0624. The lowest BCUT2D eigenvalue weighted by Crippen LogP contribution is -2.49. The first-order valence-electron chi connectivity index (χ1n) is 12.4. The standard InChI is InChI=1S/C29H29ClFNO5S/c1-18-24-14-22(33)6-9-26(24)37-29(28(18)21-5-10-27(25(30)13-21)38(2,34)35)20-3-7-23(8-4-20)36-12-11-32-16-19(15-31)17-32/h3-10,13-14,19,29,33H,11-12,15-17H2,1-2H3. The van der Waals surface area contributed by atoms with Crippen LogP contribution in [0.4, 0.5) is 4.39 Å². The molecule has 5 rings (SSSR count). The van der Waals surface area contributed by atoms with Crippen LogP contribution in [0.3, 0.4) is 0 Å². The third-order valence-electron chi connectivity index (χ3n) is 7.03. The van der Waals surface area contributed by atoms with E-state index in [0.29, 0.717) is 12.4 Å². The average Bonchev–Trinajstić information content (AvgIpc) is 2.85. The molecule has 1 saturated heterocycles. The van der Waals surface area contributed by atoms with Gasteiger partial charge in [-0.2, -0.15) is 0 Å². The van der Waals surface area contributed by atoms with Gasteiger partial charge in [-0.15, -0.1) is 0 Å². The molecule has 2 aliphatic rings. The summed E-state index contributed by atoms with van der Waals surface area (Å²) in [4.78, 5) is 2.23. The second-order valence-corrected chi connectivity index (χ2v) is 12.2. The summed E-state index contributed by atoms with van der Waals surface area (Å²) in [5.41, 5.74) is 4.05. The number of alkyl halides is 1. The Balaban J connectivity index is 1.43. The van der Waals surface area contributed by atoms with Crippen molar-refractivity contribution in [1.29, 1.82) is 0 Å². The summed E-state index contributed by atoms with van der Waals surface area (Å²) in [5, 5.41) is 10.2. The first-order valence-corrected chi connectivity index (χ1v) is 14.6. The molecule has 0 radical (unpaired) electrons. The Kier molecular flexibility index (Phi) is 7.40. The van der Waals surface area contributed by atoms with Crippen molar-refractivity contribution in [3.8, 4) is 17.2 Å². The number of benzene rings is 3. The normalized spacial score (nSPS) is 18.1. The van der Waals surface area contributed by atoms with Gasteiger partial charge in [0.25, 0.3) is 0 Å². The lowest BCUT2D eigenvalue weighted by Gasteiger charge is -2.37. The highest BCUT2D eigenvalue weighted by atomic mass is 35.5. The second kappa shape index (κ2) is 10.6. The van der Waals surface area contributed by atoms with Crippen LogP contribution in [0.15, 0.2) is 65.6 Å². The lowest BCUT2D eigenvalue weighted by atomic mass is 9.86. The van der Waals surface area contributed by atoms with Crippen molar-refractivity contribution < 1.29 is 27.4 Å². The van der Waals surface area contributed by atoms with Crippen LogP contribution < -0.4 is 9.47 Å². The SMILES string of the molecule is CC1=C(c2ccc(S(C)(=O)=O)c(Cl)c2)C(c2ccc(OCCN3CC(CF)C3)cc2)Oc2ccc(O)cc21. The van der Waals surface area contributed by atoms with Crippen LogP contribution in [0.2, 0.25) is 5.02 Å². The molecule has 1 atom stereocenters. The van der Waals surface area contributed by atoms with Crippen molar-refractivity contribution in [2.24, 2.45) is 5.92 Å². The third-order valence-corrected chi connectivity index (χ3v) is 8.61. The van der Waals surface area contributed by atoms with Gasteiger partial charge in [0.05, 0.1) is 16.6 Å². The monoisotopic (exact) mass is 557 g/mol. The van der Waals surface area contributed by atoms with E-state index in [1.807, 2.05) is 31.2 Å². The number of fused-ring (bicyclic) bond motifs is 1. The molecule has 0 bridgehead atoms. The van der Waals surface area contributed by atoms with Crippen LogP contribution in [0.5, 0.6) is 17.2 Å². The summed E-state index contributed by atoms with van der Waals surface area (Å²) in [7, 11) is -3.48. The van der Waals surface area contributed by atoms with E-state index in [9.17, 15) is 17.9 Å². The number of likely N-dealkylation sites (tertiary alicyclic amines) is 1. The zero-order valence-electron chi connectivity index (χ0n) is 21.2. The summed E-state index contributed by atoms with van der Waals surface area (Å²) in [5.74, 6) is 1.63. The van der Waals surface area contributed by atoms with Gasteiger partial charge < -0.3 is 14.6 Å². The quantitative estimate of drug-likeness (QED) is 0.378. The number of rotatable bonds is 8. The Hall–Kier alpha value is -3.07. The van der Waals surface area contributed by atoms with E-state index in [4.69, 9.17) is 21.1 Å². The van der Waals surface area contributed by atoms with E-state index < -0.39 is 15.9 Å². The number of phenols is 1. The van der Waals surface area contributed by atoms with Crippen LogP contribution in [-0.4, -0.2) is 57.6 Å². The predicted molar refractivity (Wildman–Crippen MR) is 146 cm³/mol. The maximum absolute atomic E-state index is 12.6. The molecule has 200 valence electrons. The van der Waals surface area contributed by atoms with Crippen molar-refractivity contribution in [3.05, 3.63) is 82.4 Å². The number of allylic oxidation sites excluding steroid dienone is 1. The van der Waals surface area contributed by atoms with E-state index in [1.54, 1.807) is 30.3 Å². The molecule has 38 heavy (non-hydrogen) atoms. The van der Waals surface area contributed by atoms with Gasteiger partial charge in [-0.25, -0.2) is 8.42 Å². The molecule has 3 aromatic carbocycles. The highest BCUT2D eigenvalue weighted by molar-refractivity contribution is 7.90. The van der Waals surface area contributed by atoms with Gasteiger partial charge in [0, 0.05) is 42.9 Å². The molecule has 0 aliphatic carbocycles. The number of hydrogen-bond acceptors (Lipinski definition) is 6. The largest absolute Gasteiger partial charge is 0.508 e. The maximum atomic E-state index is 12.6.